The minimum absolute atomic E-state index is 0.154. The quantitative estimate of drug-likeness (QED) is 0.813. The second kappa shape index (κ2) is 5.35. The summed E-state index contributed by atoms with van der Waals surface area (Å²) in [5.74, 6) is 0.0299. The Hall–Kier alpha value is -2.11. The zero-order valence-corrected chi connectivity index (χ0v) is 13.4. The van der Waals surface area contributed by atoms with E-state index in [1.165, 1.54) is 7.11 Å². The molecule has 0 bridgehead atoms. The number of aromatic nitrogens is 3. The summed E-state index contributed by atoms with van der Waals surface area (Å²) in [4.78, 5) is 16.4. The van der Waals surface area contributed by atoms with Gasteiger partial charge in [0.05, 0.1) is 12.8 Å². The summed E-state index contributed by atoms with van der Waals surface area (Å²) in [7, 11) is 1.33. The second-order valence-corrected chi connectivity index (χ2v) is 5.93. The van der Waals surface area contributed by atoms with Gasteiger partial charge in [-0.05, 0) is 19.9 Å². The van der Waals surface area contributed by atoms with Crippen molar-refractivity contribution < 1.29 is 13.9 Å². The lowest BCUT2D eigenvalue weighted by Gasteiger charge is -2.15. The number of ether oxygens (including phenoxy) is 1. The Balaban J connectivity index is 2.61. The molecule has 0 aliphatic heterocycles. The molecule has 0 unspecified atom stereocenters. The molecule has 0 aliphatic rings. The molecule has 0 spiro atoms. The van der Waals surface area contributed by atoms with Gasteiger partial charge in [0.2, 0.25) is 11.7 Å². The van der Waals surface area contributed by atoms with E-state index in [-0.39, 0.29) is 11.2 Å². The van der Waals surface area contributed by atoms with Crippen molar-refractivity contribution in [1.29, 1.82) is 0 Å². The van der Waals surface area contributed by atoms with E-state index in [1.807, 2.05) is 40.7 Å². The Morgan fingerprint density at radius 2 is 2.10 bits per heavy atom. The molecule has 2 heterocycles. The van der Waals surface area contributed by atoms with Crippen molar-refractivity contribution in [2.24, 2.45) is 0 Å². The van der Waals surface area contributed by atoms with Gasteiger partial charge in [-0.2, -0.15) is 5.10 Å². The molecule has 0 saturated heterocycles. The monoisotopic (exact) mass is 291 g/mol. The highest BCUT2D eigenvalue weighted by Gasteiger charge is 2.30. The number of oxazole rings is 1. The molecule has 0 amide bonds. The molecule has 21 heavy (non-hydrogen) atoms. The molecule has 2 rings (SSSR count). The number of methoxy groups -OCH3 is 1. The highest BCUT2D eigenvalue weighted by molar-refractivity contribution is 5.88. The van der Waals surface area contributed by atoms with Crippen LogP contribution in [0.25, 0.3) is 11.6 Å². The number of esters is 1. The molecule has 2 aromatic heterocycles. The smallest absolute Gasteiger partial charge is 0.376 e. The van der Waals surface area contributed by atoms with Gasteiger partial charge in [0.25, 0.3) is 0 Å². The van der Waals surface area contributed by atoms with Crippen LogP contribution in [0, 0.1) is 6.92 Å². The van der Waals surface area contributed by atoms with Crippen LogP contribution in [0.15, 0.2) is 10.5 Å². The van der Waals surface area contributed by atoms with Crippen LogP contribution in [0.1, 0.15) is 49.6 Å². The average Bonchev–Trinajstić information content (AvgIpc) is 3.00. The van der Waals surface area contributed by atoms with Crippen molar-refractivity contribution in [1.82, 2.24) is 14.8 Å². The lowest BCUT2D eigenvalue weighted by molar-refractivity contribution is 0.0562. The number of nitrogens with zero attached hydrogens (tertiary/aromatic N) is 3. The minimum atomic E-state index is -0.516. The largest absolute Gasteiger partial charge is 0.463 e. The molecule has 0 N–H and O–H groups in total. The van der Waals surface area contributed by atoms with Gasteiger partial charge in [0.15, 0.2) is 0 Å². The fraction of sp³-hybridized carbons (Fsp3) is 0.533. The van der Waals surface area contributed by atoms with E-state index >= 15 is 0 Å². The van der Waals surface area contributed by atoms with Gasteiger partial charge in [0, 0.05) is 12.0 Å². The van der Waals surface area contributed by atoms with E-state index in [4.69, 9.17) is 9.15 Å². The molecule has 0 saturated carbocycles. The lowest BCUT2D eigenvalue weighted by Crippen LogP contribution is -2.17. The highest BCUT2D eigenvalue weighted by atomic mass is 16.5. The summed E-state index contributed by atoms with van der Waals surface area (Å²) in [6.07, 6.45) is 0. The third-order valence-electron chi connectivity index (χ3n) is 3.13. The molecule has 6 nitrogen and oxygen atoms in total. The normalized spacial score (nSPS) is 11.7. The lowest BCUT2D eigenvalue weighted by atomic mass is 9.91. The first-order chi connectivity index (χ1) is 9.77. The first kappa shape index (κ1) is 15.3. The first-order valence-corrected chi connectivity index (χ1v) is 6.92. The number of rotatable bonds is 3. The van der Waals surface area contributed by atoms with Gasteiger partial charge in [-0.25, -0.2) is 9.78 Å². The number of hydrogen-bond acceptors (Lipinski definition) is 5. The van der Waals surface area contributed by atoms with E-state index in [0.717, 1.165) is 11.4 Å². The maximum atomic E-state index is 11.9. The third-order valence-corrected chi connectivity index (χ3v) is 3.13. The van der Waals surface area contributed by atoms with Gasteiger partial charge in [0.1, 0.15) is 11.4 Å². The predicted molar refractivity (Wildman–Crippen MR) is 78.2 cm³/mol. The summed E-state index contributed by atoms with van der Waals surface area (Å²) in [5, 5.41) is 4.37. The van der Waals surface area contributed by atoms with Crippen LogP contribution in [0.4, 0.5) is 0 Å². The van der Waals surface area contributed by atoms with Gasteiger partial charge in [-0.15, -0.1) is 0 Å². The Bertz CT molecular complexity index is 662. The maximum Gasteiger partial charge on any atom is 0.376 e. The van der Waals surface area contributed by atoms with Gasteiger partial charge in [-0.3, -0.25) is 4.68 Å². The summed E-state index contributed by atoms with van der Waals surface area (Å²) in [5.41, 5.74) is 1.90. The molecular weight excluding hydrogens is 270 g/mol. The molecule has 0 atom stereocenters. The SMILES string of the molecule is CCn1nc(C)cc1-c1nc(C(C)(C)C)c(C(=O)OC)o1. The Labute approximate surface area is 124 Å². The molecule has 6 heteroatoms. The maximum absolute atomic E-state index is 11.9. The zero-order valence-electron chi connectivity index (χ0n) is 13.4. The summed E-state index contributed by atoms with van der Waals surface area (Å²) in [6, 6.07) is 1.89. The minimum Gasteiger partial charge on any atom is -0.463 e. The predicted octanol–water partition coefficient (Wildman–Crippen LogP) is 2.95. The van der Waals surface area contributed by atoms with Crippen molar-refractivity contribution in [2.45, 2.75) is 46.6 Å². The summed E-state index contributed by atoms with van der Waals surface area (Å²) >= 11 is 0. The number of carbonyl (C=O) groups excluding carboxylic acids is 1. The van der Waals surface area contributed by atoms with E-state index in [9.17, 15) is 4.79 Å². The third kappa shape index (κ3) is 2.84. The molecule has 114 valence electrons. The van der Waals surface area contributed by atoms with Crippen LogP contribution < -0.4 is 0 Å². The van der Waals surface area contributed by atoms with Gasteiger partial charge in [-0.1, -0.05) is 20.8 Å². The van der Waals surface area contributed by atoms with Gasteiger partial charge < -0.3 is 9.15 Å². The zero-order chi connectivity index (χ0) is 15.8. The van der Waals surface area contributed by atoms with Crippen molar-refractivity contribution >= 4 is 5.97 Å². The first-order valence-electron chi connectivity index (χ1n) is 6.92. The standard InChI is InChI=1S/C15H21N3O3/c1-7-18-10(8-9(2)17-18)13-16-12(15(3,4)5)11(21-13)14(19)20-6/h8H,7H2,1-6H3. The molecule has 0 radical (unpaired) electrons. The molecule has 0 aromatic carbocycles. The van der Waals surface area contributed by atoms with Crippen LogP contribution in [-0.4, -0.2) is 27.8 Å². The molecule has 0 aliphatic carbocycles. The van der Waals surface area contributed by atoms with E-state index in [0.29, 0.717) is 18.1 Å². The molecular formula is C15H21N3O3. The van der Waals surface area contributed by atoms with Crippen LogP contribution in [0.5, 0.6) is 0 Å². The van der Waals surface area contributed by atoms with Crippen molar-refractivity contribution in [2.75, 3.05) is 7.11 Å². The second-order valence-electron chi connectivity index (χ2n) is 5.93. The molecule has 2 aromatic rings. The highest BCUT2D eigenvalue weighted by Crippen LogP contribution is 2.30. The van der Waals surface area contributed by atoms with Crippen LogP contribution in [-0.2, 0) is 16.7 Å². The summed E-state index contributed by atoms with van der Waals surface area (Å²) < 4.78 is 12.3. The Morgan fingerprint density at radius 3 is 2.62 bits per heavy atom. The number of carbonyl (C=O) groups is 1. The van der Waals surface area contributed by atoms with Crippen molar-refractivity contribution in [3.63, 3.8) is 0 Å². The van der Waals surface area contributed by atoms with E-state index in [2.05, 4.69) is 10.1 Å². The Kier molecular flexibility index (Phi) is 3.89. The van der Waals surface area contributed by atoms with Crippen LogP contribution in [0.2, 0.25) is 0 Å². The fourth-order valence-corrected chi connectivity index (χ4v) is 2.13. The van der Waals surface area contributed by atoms with Crippen LogP contribution >= 0.6 is 0 Å². The van der Waals surface area contributed by atoms with Crippen molar-refractivity contribution in [3.05, 3.63) is 23.2 Å². The average molecular weight is 291 g/mol. The number of aryl methyl sites for hydroxylation is 2. The topological polar surface area (TPSA) is 70.2 Å². The fourth-order valence-electron chi connectivity index (χ4n) is 2.13. The molecule has 0 fully saturated rings. The van der Waals surface area contributed by atoms with E-state index in [1.54, 1.807) is 4.68 Å². The number of hydrogen-bond donors (Lipinski definition) is 0. The van der Waals surface area contributed by atoms with Crippen LogP contribution in [0.3, 0.4) is 0 Å². The van der Waals surface area contributed by atoms with E-state index < -0.39 is 5.97 Å². The summed E-state index contributed by atoms with van der Waals surface area (Å²) in [6.45, 7) is 10.5. The van der Waals surface area contributed by atoms with Crippen molar-refractivity contribution in [3.8, 4) is 11.6 Å². The Morgan fingerprint density at radius 1 is 1.43 bits per heavy atom. The van der Waals surface area contributed by atoms with Gasteiger partial charge >= 0.3 is 5.97 Å².